The Balaban J connectivity index is 1.37. The van der Waals surface area contributed by atoms with Crippen molar-refractivity contribution in [3.05, 3.63) is 83.9 Å². The van der Waals surface area contributed by atoms with E-state index in [-0.39, 0.29) is 0 Å². The van der Waals surface area contributed by atoms with E-state index in [0.29, 0.717) is 0 Å². The van der Waals surface area contributed by atoms with Gasteiger partial charge in [0, 0.05) is 11.1 Å². The first kappa shape index (κ1) is 29.4. The Morgan fingerprint density at radius 2 is 1.05 bits per heavy atom. The van der Waals surface area contributed by atoms with Crippen molar-refractivity contribution in [2.45, 2.75) is 90.9 Å². The van der Waals surface area contributed by atoms with Crippen LogP contribution < -0.4 is 15.8 Å². The molecule has 0 saturated carbocycles. The normalized spacial score (nSPS) is 21.4. The van der Waals surface area contributed by atoms with Crippen LogP contribution in [0.2, 0.25) is 0 Å². The number of nitrogens with one attached hydrogen (secondary N) is 1. The predicted molar refractivity (Wildman–Crippen MR) is 174 cm³/mol. The van der Waals surface area contributed by atoms with Gasteiger partial charge in [-0.25, -0.2) is 0 Å². The Morgan fingerprint density at radius 1 is 0.571 bits per heavy atom. The molecule has 4 aromatic carbocycles. The van der Waals surface area contributed by atoms with Gasteiger partial charge in [0.1, 0.15) is 13.1 Å². The van der Waals surface area contributed by atoms with Crippen LogP contribution in [-0.2, 0) is 31.7 Å². The summed E-state index contributed by atoms with van der Waals surface area (Å²) in [5.41, 5.74) is 3.01. The van der Waals surface area contributed by atoms with E-state index in [2.05, 4.69) is 135 Å². The number of quaternary nitrogens is 1. The highest BCUT2D eigenvalue weighted by atomic mass is 16.7. The van der Waals surface area contributed by atoms with E-state index < -0.39 is 36.6 Å². The fourth-order valence-corrected chi connectivity index (χ4v) is 6.09. The highest BCUT2D eigenvalue weighted by Gasteiger charge is 2.54. The number of rotatable bonds is 6. The first-order valence-corrected chi connectivity index (χ1v) is 15.2. The zero-order valence-corrected chi connectivity index (χ0v) is 26.6. The molecule has 2 fully saturated rings. The van der Waals surface area contributed by atoms with Gasteiger partial charge in [0.05, 0.1) is 29.5 Å². The standard InChI is InChI=1S/C35H43B2NO4/c1-32(2)33(3,4)40-36(39-32)27-18-19-31(37-41-34(5,6)35(7,8)42-37)26(21-27)22-38(9)23-30-28-16-12-10-14-24(28)20-25-15-11-13-17-29(25)30/h10-21H,22-23H2,1-9H3/p+1. The van der Waals surface area contributed by atoms with E-state index >= 15 is 0 Å². The molecule has 218 valence electrons. The van der Waals surface area contributed by atoms with Crippen molar-refractivity contribution in [3.8, 4) is 0 Å². The summed E-state index contributed by atoms with van der Waals surface area (Å²) in [6, 6.07) is 26.2. The first-order chi connectivity index (χ1) is 19.7. The van der Waals surface area contributed by atoms with E-state index in [0.717, 1.165) is 24.0 Å². The second-order valence-electron chi connectivity index (χ2n) is 14.2. The Kier molecular flexibility index (Phi) is 7.15. The monoisotopic (exact) mass is 564 g/mol. The van der Waals surface area contributed by atoms with Gasteiger partial charge in [-0.05, 0) is 93.9 Å². The van der Waals surface area contributed by atoms with Gasteiger partial charge < -0.3 is 23.5 Å². The zero-order valence-electron chi connectivity index (χ0n) is 26.6. The largest absolute Gasteiger partial charge is 0.495 e. The summed E-state index contributed by atoms with van der Waals surface area (Å²) in [7, 11) is 1.40. The third kappa shape index (κ3) is 5.10. The van der Waals surface area contributed by atoms with Gasteiger partial charge in [0.15, 0.2) is 0 Å². The Morgan fingerprint density at radius 3 is 1.57 bits per heavy atom. The molecule has 0 aromatic heterocycles. The van der Waals surface area contributed by atoms with Crippen LogP contribution in [0.3, 0.4) is 0 Å². The number of hydrogen-bond acceptors (Lipinski definition) is 4. The second kappa shape index (κ2) is 10.2. The van der Waals surface area contributed by atoms with Gasteiger partial charge in [-0.3, -0.25) is 0 Å². The van der Waals surface area contributed by atoms with Crippen LogP contribution in [0.25, 0.3) is 21.5 Å². The van der Waals surface area contributed by atoms with Gasteiger partial charge >= 0.3 is 14.2 Å². The highest BCUT2D eigenvalue weighted by Crippen LogP contribution is 2.38. The zero-order chi connectivity index (χ0) is 30.1. The van der Waals surface area contributed by atoms with Crippen molar-refractivity contribution in [3.63, 3.8) is 0 Å². The summed E-state index contributed by atoms with van der Waals surface area (Å²) in [6.07, 6.45) is 0. The first-order valence-electron chi connectivity index (χ1n) is 15.2. The second-order valence-corrected chi connectivity index (χ2v) is 14.2. The fourth-order valence-electron chi connectivity index (χ4n) is 6.09. The molecule has 7 heteroatoms. The lowest BCUT2D eigenvalue weighted by Crippen LogP contribution is -3.06. The average Bonchev–Trinajstić information content (AvgIpc) is 3.27. The van der Waals surface area contributed by atoms with Gasteiger partial charge in [0.25, 0.3) is 0 Å². The Labute approximate surface area is 251 Å². The summed E-state index contributed by atoms with van der Waals surface area (Å²) in [4.78, 5) is 1.38. The van der Waals surface area contributed by atoms with E-state index in [4.69, 9.17) is 18.6 Å². The molecule has 2 heterocycles. The molecule has 1 unspecified atom stereocenters. The van der Waals surface area contributed by atoms with Crippen molar-refractivity contribution in [2.24, 2.45) is 0 Å². The third-order valence-electron chi connectivity index (χ3n) is 10.1. The van der Waals surface area contributed by atoms with Crippen LogP contribution >= 0.6 is 0 Å². The average molecular weight is 564 g/mol. The number of benzene rings is 4. The SMILES string of the molecule is C[NH+](Cc1cc(B2OC(C)(C)C(C)(C)O2)ccc1B1OC(C)(C)C(C)(C)O1)Cc1c2ccccc2cc2ccccc12. The van der Waals surface area contributed by atoms with E-state index in [1.807, 2.05) is 0 Å². The highest BCUT2D eigenvalue weighted by molar-refractivity contribution is 6.64. The minimum atomic E-state index is -0.441. The van der Waals surface area contributed by atoms with Crippen molar-refractivity contribution in [1.29, 1.82) is 0 Å². The van der Waals surface area contributed by atoms with Crippen LogP contribution in [0.1, 0.15) is 66.5 Å². The summed E-state index contributed by atoms with van der Waals surface area (Å²) in [5, 5.41) is 5.18. The van der Waals surface area contributed by atoms with Crippen LogP contribution in [-0.4, -0.2) is 43.7 Å². The van der Waals surface area contributed by atoms with Gasteiger partial charge in [-0.1, -0.05) is 66.7 Å². The molecule has 2 aliphatic heterocycles. The summed E-state index contributed by atoms with van der Waals surface area (Å²) in [5.74, 6) is 0. The molecule has 2 aliphatic rings. The van der Waals surface area contributed by atoms with E-state index in [1.165, 1.54) is 37.6 Å². The minimum Gasteiger partial charge on any atom is -0.399 e. The molecule has 1 atom stereocenters. The summed E-state index contributed by atoms with van der Waals surface area (Å²) < 4.78 is 26.0. The van der Waals surface area contributed by atoms with Crippen molar-refractivity contribution < 1.29 is 23.5 Å². The van der Waals surface area contributed by atoms with Gasteiger partial charge in [0.2, 0.25) is 0 Å². The fraction of sp³-hybridized carbons (Fsp3) is 0.429. The van der Waals surface area contributed by atoms with Crippen molar-refractivity contribution >= 4 is 46.7 Å². The molecular formula is C35H44B2NO4+. The molecule has 0 spiro atoms. The maximum absolute atomic E-state index is 6.54. The lowest BCUT2D eigenvalue weighted by molar-refractivity contribution is -0.907. The van der Waals surface area contributed by atoms with E-state index in [9.17, 15) is 0 Å². The molecule has 2 saturated heterocycles. The van der Waals surface area contributed by atoms with Crippen LogP contribution in [0.15, 0.2) is 72.8 Å². The van der Waals surface area contributed by atoms with E-state index in [1.54, 1.807) is 0 Å². The molecule has 5 nitrogen and oxygen atoms in total. The molecule has 4 aromatic rings. The molecule has 0 radical (unpaired) electrons. The molecule has 42 heavy (non-hydrogen) atoms. The Hall–Kier alpha value is -2.67. The number of hydrogen-bond donors (Lipinski definition) is 1. The molecule has 0 amide bonds. The van der Waals surface area contributed by atoms with Crippen molar-refractivity contribution in [1.82, 2.24) is 0 Å². The quantitative estimate of drug-likeness (QED) is 0.270. The summed E-state index contributed by atoms with van der Waals surface area (Å²) in [6.45, 7) is 18.5. The van der Waals surface area contributed by atoms with Crippen LogP contribution in [0, 0.1) is 0 Å². The van der Waals surface area contributed by atoms with Gasteiger partial charge in [-0.2, -0.15) is 0 Å². The Bertz CT molecular complexity index is 1560. The van der Waals surface area contributed by atoms with Crippen LogP contribution in [0.4, 0.5) is 0 Å². The lowest BCUT2D eigenvalue weighted by atomic mass is 9.71. The maximum Gasteiger partial charge on any atom is 0.495 e. The topological polar surface area (TPSA) is 41.4 Å². The summed E-state index contributed by atoms with van der Waals surface area (Å²) >= 11 is 0. The molecular weight excluding hydrogens is 520 g/mol. The minimum absolute atomic E-state index is 0.403. The third-order valence-corrected chi connectivity index (χ3v) is 10.1. The smallest absolute Gasteiger partial charge is 0.399 e. The molecule has 6 rings (SSSR count). The van der Waals surface area contributed by atoms with Crippen LogP contribution in [0.5, 0.6) is 0 Å². The predicted octanol–water partition coefficient (Wildman–Crippen LogP) is 4.81. The lowest BCUT2D eigenvalue weighted by Gasteiger charge is -2.32. The molecule has 0 aliphatic carbocycles. The maximum atomic E-state index is 6.54. The molecule has 0 bridgehead atoms. The molecule has 1 N–H and O–H groups in total. The number of fused-ring (bicyclic) bond motifs is 2. The van der Waals surface area contributed by atoms with Crippen molar-refractivity contribution in [2.75, 3.05) is 7.05 Å². The van der Waals surface area contributed by atoms with Gasteiger partial charge in [-0.15, -0.1) is 0 Å².